The van der Waals surface area contributed by atoms with Crippen molar-refractivity contribution in [2.45, 2.75) is 57.9 Å². The van der Waals surface area contributed by atoms with Crippen molar-refractivity contribution in [1.29, 1.82) is 0 Å². The van der Waals surface area contributed by atoms with Gasteiger partial charge in [0.15, 0.2) is 11.5 Å². The standard InChI is InChI=1S/C17H26N4O/c1-2-21(14-8-4-3-5-9-14)17(22)15-10-11-16(19-18-15)20-12-6-7-13-20/h10-11,14H,2-9,12-13H2,1H3. The molecule has 120 valence electrons. The highest BCUT2D eigenvalue weighted by Gasteiger charge is 2.26. The molecule has 2 fully saturated rings. The molecule has 1 aliphatic carbocycles. The third kappa shape index (κ3) is 3.23. The number of amides is 1. The molecule has 0 radical (unpaired) electrons. The molecule has 0 N–H and O–H groups in total. The van der Waals surface area contributed by atoms with Gasteiger partial charge in [-0.15, -0.1) is 10.2 Å². The van der Waals surface area contributed by atoms with Crippen molar-refractivity contribution in [2.75, 3.05) is 24.5 Å². The molecule has 1 aromatic rings. The minimum absolute atomic E-state index is 0.0369. The van der Waals surface area contributed by atoms with E-state index in [4.69, 9.17) is 0 Å². The van der Waals surface area contributed by atoms with Crippen molar-refractivity contribution >= 4 is 11.7 Å². The lowest BCUT2D eigenvalue weighted by Gasteiger charge is -2.33. The van der Waals surface area contributed by atoms with Gasteiger partial charge in [0, 0.05) is 25.7 Å². The maximum absolute atomic E-state index is 12.7. The van der Waals surface area contributed by atoms with Crippen LogP contribution in [0.1, 0.15) is 62.4 Å². The monoisotopic (exact) mass is 302 g/mol. The van der Waals surface area contributed by atoms with Gasteiger partial charge < -0.3 is 9.80 Å². The summed E-state index contributed by atoms with van der Waals surface area (Å²) in [6.45, 7) is 4.90. The molecule has 3 rings (SSSR count). The van der Waals surface area contributed by atoms with Crippen molar-refractivity contribution in [2.24, 2.45) is 0 Å². The van der Waals surface area contributed by atoms with Crippen LogP contribution in [0, 0.1) is 0 Å². The minimum Gasteiger partial charge on any atom is -0.355 e. The summed E-state index contributed by atoms with van der Waals surface area (Å²) in [5.74, 6) is 0.935. The summed E-state index contributed by atoms with van der Waals surface area (Å²) >= 11 is 0. The number of carbonyl (C=O) groups excluding carboxylic acids is 1. The van der Waals surface area contributed by atoms with Crippen LogP contribution in [0.15, 0.2) is 12.1 Å². The molecule has 1 aromatic heterocycles. The van der Waals surface area contributed by atoms with Crippen LogP contribution in [0.25, 0.3) is 0 Å². The Labute approximate surface area is 132 Å². The summed E-state index contributed by atoms with van der Waals surface area (Å²) < 4.78 is 0. The average molecular weight is 302 g/mol. The Morgan fingerprint density at radius 2 is 1.86 bits per heavy atom. The highest BCUT2D eigenvalue weighted by Crippen LogP contribution is 2.24. The van der Waals surface area contributed by atoms with Gasteiger partial charge in [-0.25, -0.2) is 0 Å². The first-order chi connectivity index (χ1) is 10.8. The van der Waals surface area contributed by atoms with Crippen LogP contribution in [0.2, 0.25) is 0 Å². The fourth-order valence-electron chi connectivity index (χ4n) is 3.66. The molecular weight excluding hydrogens is 276 g/mol. The van der Waals surface area contributed by atoms with E-state index in [1.807, 2.05) is 17.0 Å². The van der Waals surface area contributed by atoms with Gasteiger partial charge in [0.1, 0.15) is 0 Å². The molecule has 0 atom stereocenters. The fraction of sp³-hybridized carbons (Fsp3) is 0.706. The predicted molar refractivity (Wildman–Crippen MR) is 87.1 cm³/mol. The second-order valence-corrected chi connectivity index (χ2v) is 6.35. The molecule has 5 heteroatoms. The number of hydrogen-bond donors (Lipinski definition) is 0. The van der Waals surface area contributed by atoms with Gasteiger partial charge in [0.2, 0.25) is 0 Å². The first kappa shape index (κ1) is 15.3. The molecule has 2 aliphatic rings. The lowest BCUT2D eigenvalue weighted by atomic mass is 9.94. The number of anilines is 1. The minimum atomic E-state index is 0.0369. The van der Waals surface area contributed by atoms with Gasteiger partial charge in [-0.1, -0.05) is 19.3 Å². The third-order valence-corrected chi connectivity index (χ3v) is 4.92. The van der Waals surface area contributed by atoms with Gasteiger partial charge in [-0.2, -0.15) is 0 Å². The van der Waals surface area contributed by atoms with Gasteiger partial charge in [-0.3, -0.25) is 4.79 Å². The molecule has 1 saturated heterocycles. The van der Waals surface area contributed by atoms with Crippen molar-refractivity contribution in [1.82, 2.24) is 15.1 Å². The molecule has 1 amide bonds. The zero-order valence-electron chi connectivity index (χ0n) is 13.5. The fourth-order valence-corrected chi connectivity index (χ4v) is 3.66. The van der Waals surface area contributed by atoms with E-state index >= 15 is 0 Å². The Kier molecular flexibility index (Phi) is 4.90. The first-order valence-corrected chi connectivity index (χ1v) is 8.69. The molecule has 0 aromatic carbocycles. The largest absolute Gasteiger partial charge is 0.355 e. The Morgan fingerprint density at radius 1 is 1.14 bits per heavy atom. The molecular formula is C17H26N4O. The van der Waals surface area contributed by atoms with E-state index in [9.17, 15) is 4.79 Å². The van der Waals surface area contributed by atoms with Crippen molar-refractivity contribution < 1.29 is 4.79 Å². The van der Waals surface area contributed by atoms with E-state index < -0.39 is 0 Å². The third-order valence-electron chi connectivity index (χ3n) is 4.92. The highest BCUT2D eigenvalue weighted by molar-refractivity contribution is 5.92. The van der Waals surface area contributed by atoms with Gasteiger partial charge in [0.25, 0.3) is 5.91 Å². The Morgan fingerprint density at radius 3 is 2.45 bits per heavy atom. The van der Waals surface area contributed by atoms with Gasteiger partial charge >= 0.3 is 0 Å². The number of nitrogens with zero attached hydrogens (tertiary/aromatic N) is 4. The molecule has 5 nitrogen and oxygen atoms in total. The maximum atomic E-state index is 12.7. The van der Waals surface area contributed by atoms with E-state index in [1.165, 1.54) is 32.1 Å². The topological polar surface area (TPSA) is 49.3 Å². The molecule has 1 saturated carbocycles. The molecule has 1 aliphatic heterocycles. The normalized spacial score (nSPS) is 19.4. The lowest BCUT2D eigenvalue weighted by Crippen LogP contribution is -2.41. The van der Waals surface area contributed by atoms with Crippen LogP contribution >= 0.6 is 0 Å². The Hall–Kier alpha value is -1.65. The SMILES string of the molecule is CCN(C(=O)c1ccc(N2CCCC2)nn1)C1CCCCC1. The van der Waals surface area contributed by atoms with Crippen LogP contribution in [-0.2, 0) is 0 Å². The zero-order valence-corrected chi connectivity index (χ0v) is 13.5. The molecule has 0 bridgehead atoms. The summed E-state index contributed by atoms with van der Waals surface area (Å²) in [5, 5.41) is 8.48. The smallest absolute Gasteiger partial charge is 0.274 e. The predicted octanol–water partition coefficient (Wildman–Crippen LogP) is 2.87. The van der Waals surface area contributed by atoms with E-state index in [-0.39, 0.29) is 5.91 Å². The van der Waals surface area contributed by atoms with Crippen molar-refractivity contribution in [3.05, 3.63) is 17.8 Å². The van der Waals surface area contributed by atoms with E-state index in [0.29, 0.717) is 11.7 Å². The number of rotatable bonds is 4. The van der Waals surface area contributed by atoms with Gasteiger partial charge in [-0.05, 0) is 44.7 Å². The highest BCUT2D eigenvalue weighted by atomic mass is 16.2. The van der Waals surface area contributed by atoms with E-state index in [1.54, 1.807) is 0 Å². The van der Waals surface area contributed by atoms with Crippen LogP contribution in [0.5, 0.6) is 0 Å². The van der Waals surface area contributed by atoms with Crippen LogP contribution in [-0.4, -0.2) is 46.7 Å². The summed E-state index contributed by atoms with van der Waals surface area (Å²) in [4.78, 5) is 16.9. The molecule has 0 spiro atoms. The quantitative estimate of drug-likeness (QED) is 0.858. The second-order valence-electron chi connectivity index (χ2n) is 6.35. The second kappa shape index (κ2) is 7.07. The lowest BCUT2D eigenvalue weighted by molar-refractivity contribution is 0.0640. The van der Waals surface area contributed by atoms with E-state index in [0.717, 1.165) is 38.3 Å². The summed E-state index contributed by atoms with van der Waals surface area (Å²) in [6.07, 6.45) is 8.44. The summed E-state index contributed by atoms with van der Waals surface area (Å²) in [5.41, 5.74) is 0.482. The van der Waals surface area contributed by atoms with Gasteiger partial charge in [0.05, 0.1) is 0 Å². The maximum Gasteiger partial charge on any atom is 0.274 e. The van der Waals surface area contributed by atoms with Crippen LogP contribution in [0.4, 0.5) is 5.82 Å². The number of carbonyl (C=O) groups is 1. The zero-order chi connectivity index (χ0) is 15.4. The summed E-state index contributed by atoms with van der Waals surface area (Å²) in [7, 11) is 0. The first-order valence-electron chi connectivity index (χ1n) is 8.69. The van der Waals surface area contributed by atoms with Crippen LogP contribution < -0.4 is 4.90 Å². The molecule has 22 heavy (non-hydrogen) atoms. The Balaban J connectivity index is 1.69. The van der Waals surface area contributed by atoms with Crippen molar-refractivity contribution in [3.63, 3.8) is 0 Å². The van der Waals surface area contributed by atoms with Crippen molar-refractivity contribution in [3.8, 4) is 0 Å². The average Bonchev–Trinajstić information content (AvgIpc) is 3.11. The Bertz CT molecular complexity index is 490. The number of hydrogen-bond acceptors (Lipinski definition) is 4. The van der Waals surface area contributed by atoms with Crippen LogP contribution in [0.3, 0.4) is 0 Å². The molecule has 2 heterocycles. The van der Waals surface area contributed by atoms with E-state index in [2.05, 4.69) is 22.0 Å². The molecule has 0 unspecified atom stereocenters. The number of aromatic nitrogens is 2. The summed E-state index contributed by atoms with van der Waals surface area (Å²) in [6, 6.07) is 4.17.